The van der Waals surface area contributed by atoms with Crippen LogP contribution in [-0.4, -0.2) is 16.2 Å². The molecule has 2 N–H and O–H groups in total. The van der Waals surface area contributed by atoms with Crippen LogP contribution in [-0.2, 0) is 6.61 Å². The van der Waals surface area contributed by atoms with Gasteiger partial charge in [0, 0.05) is 5.56 Å². The Morgan fingerprint density at radius 2 is 1.85 bits per heavy atom. The average molecular weight is 280 g/mol. The number of aromatic hydroxyl groups is 1. The molecule has 0 aliphatic carbocycles. The number of halogens is 2. The first-order valence-electron chi connectivity index (χ1n) is 5.61. The van der Waals surface area contributed by atoms with E-state index in [2.05, 4.69) is 0 Å². The summed E-state index contributed by atoms with van der Waals surface area (Å²) in [5.41, 5.74) is -0.368. The zero-order valence-electron chi connectivity index (χ0n) is 10.1. The van der Waals surface area contributed by atoms with Gasteiger partial charge in [-0.1, -0.05) is 18.2 Å². The predicted octanol–water partition coefficient (Wildman–Crippen LogP) is 2.95. The fourth-order valence-electron chi connectivity index (χ4n) is 1.63. The molecule has 0 saturated carbocycles. The molecule has 0 saturated heterocycles. The van der Waals surface area contributed by atoms with Crippen LogP contribution in [0.25, 0.3) is 0 Å². The molecule has 0 bridgehead atoms. The van der Waals surface area contributed by atoms with Gasteiger partial charge in [-0.25, -0.2) is 13.6 Å². The highest BCUT2D eigenvalue weighted by atomic mass is 19.2. The number of para-hydroxylation sites is 1. The van der Waals surface area contributed by atoms with Gasteiger partial charge >= 0.3 is 5.97 Å². The van der Waals surface area contributed by atoms with Crippen LogP contribution in [0.15, 0.2) is 36.4 Å². The van der Waals surface area contributed by atoms with Crippen molar-refractivity contribution in [2.45, 2.75) is 6.61 Å². The first-order valence-corrected chi connectivity index (χ1v) is 5.61. The molecule has 0 spiro atoms. The normalized spacial score (nSPS) is 10.3. The Labute approximate surface area is 112 Å². The van der Waals surface area contributed by atoms with Crippen molar-refractivity contribution in [3.8, 4) is 11.5 Å². The number of carboxylic acids is 1. The summed E-state index contributed by atoms with van der Waals surface area (Å²) in [6, 6.07) is 7.54. The highest BCUT2D eigenvalue weighted by molar-refractivity contribution is 5.91. The molecule has 0 aliphatic rings. The summed E-state index contributed by atoms with van der Waals surface area (Å²) in [7, 11) is 0. The fourth-order valence-corrected chi connectivity index (χ4v) is 1.63. The van der Waals surface area contributed by atoms with Gasteiger partial charge in [-0.2, -0.15) is 0 Å². The molecule has 0 unspecified atom stereocenters. The van der Waals surface area contributed by atoms with E-state index in [0.717, 1.165) is 6.07 Å². The Morgan fingerprint density at radius 3 is 2.55 bits per heavy atom. The van der Waals surface area contributed by atoms with E-state index in [-0.39, 0.29) is 23.5 Å². The van der Waals surface area contributed by atoms with Crippen LogP contribution in [0.4, 0.5) is 8.78 Å². The Hall–Kier alpha value is -2.63. The van der Waals surface area contributed by atoms with Gasteiger partial charge in [0.2, 0.25) is 0 Å². The molecule has 0 aromatic heterocycles. The molecule has 0 fully saturated rings. The number of hydrogen-bond acceptors (Lipinski definition) is 3. The first-order chi connectivity index (χ1) is 9.50. The van der Waals surface area contributed by atoms with Gasteiger partial charge in [-0.15, -0.1) is 0 Å². The zero-order chi connectivity index (χ0) is 14.7. The molecule has 2 aromatic rings. The lowest BCUT2D eigenvalue weighted by molar-refractivity contribution is 0.0692. The molecule has 104 valence electrons. The quantitative estimate of drug-likeness (QED) is 0.903. The number of carboxylic acid groups (broad SMARTS) is 1. The van der Waals surface area contributed by atoms with Gasteiger partial charge in [0.05, 0.1) is 0 Å². The summed E-state index contributed by atoms with van der Waals surface area (Å²) in [5.74, 6) is -4.04. The third kappa shape index (κ3) is 2.69. The third-order valence-corrected chi connectivity index (χ3v) is 2.64. The monoisotopic (exact) mass is 280 g/mol. The van der Waals surface area contributed by atoms with Gasteiger partial charge in [0.15, 0.2) is 23.1 Å². The van der Waals surface area contributed by atoms with Gasteiger partial charge in [-0.3, -0.25) is 0 Å². The van der Waals surface area contributed by atoms with Crippen LogP contribution >= 0.6 is 0 Å². The lowest BCUT2D eigenvalue weighted by Gasteiger charge is -2.10. The summed E-state index contributed by atoms with van der Waals surface area (Å²) < 4.78 is 31.5. The van der Waals surface area contributed by atoms with Crippen molar-refractivity contribution in [1.82, 2.24) is 0 Å². The minimum atomic E-state index is -1.31. The molecule has 2 aromatic carbocycles. The van der Waals surface area contributed by atoms with E-state index in [1.165, 1.54) is 30.3 Å². The number of benzene rings is 2. The van der Waals surface area contributed by atoms with Crippen molar-refractivity contribution in [2.75, 3.05) is 0 Å². The summed E-state index contributed by atoms with van der Waals surface area (Å²) in [6.07, 6.45) is 0. The van der Waals surface area contributed by atoms with Crippen molar-refractivity contribution in [1.29, 1.82) is 0 Å². The standard InChI is InChI=1S/C14H10F2O4/c15-10-5-1-3-8(12(10)16)7-20-11-6-2-4-9(13(11)17)14(18)19/h1-6,17H,7H2,(H,18,19). The first kappa shape index (κ1) is 13.8. The van der Waals surface area contributed by atoms with Crippen molar-refractivity contribution in [2.24, 2.45) is 0 Å². The number of aromatic carboxylic acids is 1. The van der Waals surface area contributed by atoms with Gasteiger partial charge in [-0.05, 0) is 18.2 Å². The maximum atomic E-state index is 13.4. The van der Waals surface area contributed by atoms with Crippen molar-refractivity contribution in [3.05, 3.63) is 59.2 Å². The molecular weight excluding hydrogens is 270 g/mol. The van der Waals surface area contributed by atoms with Crippen molar-refractivity contribution >= 4 is 5.97 Å². The van der Waals surface area contributed by atoms with Crippen LogP contribution in [0.1, 0.15) is 15.9 Å². The second-order valence-electron chi connectivity index (χ2n) is 3.96. The van der Waals surface area contributed by atoms with E-state index in [0.29, 0.717) is 0 Å². The molecule has 0 radical (unpaired) electrons. The second-order valence-corrected chi connectivity index (χ2v) is 3.96. The molecule has 6 heteroatoms. The second kappa shape index (κ2) is 5.56. The minimum absolute atomic E-state index is 0.0369. The number of rotatable bonds is 4. The molecule has 0 heterocycles. The van der Waals surface area contributed by atoms with E-state index >= 15 is 0 Å². The maximum absolute atomic E-state index is 13.4. The predicted molar refractivity (Wildman–Crippen MR) is 65.8 cm³/mol. The summed E-state index contributed by atoms with van der Waals surface area (Å²) in [5, 5.41) is 18.5. The molecule has 2 rings (SSSR count). The SMILES string of the molecule is O=C(O)c1cccc(OCc2cccc(F)c2F)c1O. The Bertz CT molecular complexity index is 656. The topological polar surface area (TPSA) is 66.8 Å². The fraction of sp³-hybridized carbons (Fsp3) is 0.0714. The minimum Gasteiger partial charge on any atom is -0.504 e. The molecule has 4 nitrogen and oxygen atoms in total. The lowest BCUT2D eigenvalue weighted by Crippen LogP contribution is -2.02. The van der Waals surface area contributed by atoms with E-state index in [9.17, 15) is 18.7 Å². The van der Waals surface area contributed by atoms with E-state index in [4.69, 9.17) is 9.84 Å². The summed E-state index contributed by atoms with van der Waals surface area (Å²) in [6.45, 7) is -0.333. The molecule has 0 atom stereocenters. The molecule has 0 amide bonds. The Kier molecular flexibility index (Phi) is 3.84. The molecule has 0 aliphatic heterocycles. The van der Waals surface area contributed by atoms with Crippen molar-refractivity contribution < 1.29 is 28.5 Å². The highest BCUT2D eigenvalue weighted by Crippen LogP contribution is 2.30. The van der Waals surface area contributed by atoms with Crippen LogP contribution in [0, 0.1) is 11.6 Å². The zero-order valence-corrected chi connectivity index (χ0v) is 10.1. The third-order valence-electron chi connectivity index (χ3n) is 2.64. The van der Waals surface area contributed by atoms with Gasteiger partial charge < -0.3 is 14.9 Å². The molecule has 20 heavy (non-hydrogen) atoms. The van der Waals surface area contributed by atoms with E-state index in [1.807, 2.05) is 0 Å². The molecular formula is C14H10F2O4. The van der Waals surface area contributed by atoms with E-state index < -0.39 is 23.4 Å². The smallest absolute Gasteiger partial charge is 0.339 e. The Balaban J connectivity index is 2.21. The highest BCUT2D eigenvalue weighted by Gasteiger charge is 2.15. The number of phenols is 1. The number of ether oxygens (including phenoxy) is 1. The lowest BCUT2D eigenvalue weighted by atomic mass is 10.2. The van der Waals surface area contributed by atoms with Crippen LogP contribution in [0.5, 0.6) is 11.5 Å². The average Bonchev–Trinajstić information content (AvgIpc) is 2.41. The number of carbonyl (C=O) groups is 1. The van der Waals surface area contributed by atoms with E-state index in [1.54, 1.807) is 0 Å². The number of hydrogen-bond donors (Lipinski definition) is 2. The summed E-state index contributed by atoms with van der Waals surface area (Å²) in [4.78, 5) is 10.8. The maximum Gasteiger partial charge on any atom is 0.339 e. The Morgan fingerprint density at radius 1 is 1.15 bits per heavy atom. The van der Waals surface area contributed by atoms with Crippen LogP contribution < -0.4 is 4.74 Å². The largest absolute Gasteiger partial charge is 0.504 e. The summed E-state index contributed by atoms with van der Waals surface area (Å²) >= 11 is 0. The van der Waals surface area contributed by atoms with Gasteiger partial charge in [0.25, 0.3) is 0 Å². The van der Waals surface area contributed by atoms with Crippen LogP contribution in [0.2, 0.25) is 0 Å². The van der Waals surface area contributed by atoms with Crippen molar-refractivity contribution in [3.63, 3.8) is 0 Å². The van der Waals surface area contributed by atoms with Gasteiger partial charge in [0.1, 0.15) is 12.2 Å². The van der Waals surface area contributed by atoms with Crippen LogP contribution in [0.3, 0.4) is 0 Å².